The number of hydrogen-bond acceptors (Lipinski definition) is 3. The summed E-state index contributed by atoms with van der Waals surface area (Å²) in [5.74, 6) is 0.865. The molecule has 1 aliphatic heterocycles. The zero-order valence-corrected chi connectivity index (χ0v) is 15.3. The number of ether oxygens (including phenoxy) is 2. The van der Waals surface area contributed by atoms with Crippen molar-refractivity contribution in [1.29, 1.82) is 0 Å². The molecule has 2 heterocycles. The lowest BCUT2D eigenvalue weighted by Crippen LogP contribution is -2.23. The Hall–Kier alpha value is -2.56. The highest BCUT2D eigenvalue weighted by Crippen LogP contribution is 2.29. The van der Waals surface area contributed by atoms with Crippen LogP contribution in [0.3, 0.4) is 0 Å². The molecule has 134 valence electrons. The molecule has 0 radical (unpaired) electrons. The van der Waals surface area contributed by atoms with Crippen molar-refractivity contribution in [1.82, 2.24) is 9.47 Å². The number of aromatic nitrogens is 1. The van der Waals surface area contributed by atoms with Crippen LogP contribution in [0.4, 0.5) is 0 Å². The molecule has 1 aliphatic rings. The highest BCUT2D eigenvalue weighted by molar-refractivity contribution is 5.39. The van der Waals surface area contributed by atoms with Crippen LogP contribution in [0.25, 0.3) is 5.69 Å². The van der Waals surface area contributed by atoms with Crippen molar-refractivity contribution in [3.63, 3.8) is 0 Å². The molecule has 1 unspecified atom stereocenters. The summed E-state index contributed by atoms with van der Waals surface area (Å²) in [6, 6.07) is 18.9. The Balaban J connectivity index is 1.52. The van der Waals surface area contributed by atoms with Crippen LogP contribution in [0.5, 0.6) is 5.75 Å². The van der Waals surface area contributed by atoms with Crippen molar-refractivity contribution in [2.24, 2.45) is 0 Å². The molecule has 4 rings (SSSR count). The topological polar surface area (TPSA) is 26.6 Å². The lowest BCUT2D eigenvalue weighted by molar-refractivity contribution is 0.0288. The summed E-state index contributed by atoms with van der Waals surface area (Å²) in [4.78, 5) is 2.39. The van der Waals surface area contributed by atoms with Gasteiger partial charge in [0, 0.05) is 36.7 Å². The third kappa shape index (κ3) is 3.52. The van der Waals surface area contributed by atoms with Crippen LogP contribution in [0.1, 0.15) is 22.9 Å². The summed E-state index contributed by atoms with van der Waals surface area (Å²) in [7, 11) is 1.68. The maximum atomic E-state index is 6.03. The summed E-state index contributed by atoms with van der Waals surface area (Å²) in [6.45, 7) is 4.76. The molecule has 26 heavy (non-hydrogen) atoms. The van der Waals surface area contributed by atoms with E-state index in [1.807, 2.05) is 12.1 Å². The highest BCUT2D eigenvalue weighted by Gasteiger charge is 2.27. The van der Waals surface area contributed by atoms with E-state index in [9.17, 15) is 0 Å². The van der Waals surface area contributed by atoms with E-state index >= 15 is 0 Å². The molecule has 4 heteroatoms. The molecule has 3 aromatic rings. The predicted octanol–water partition coefficient (Wildman–Crippen LogP) is 4.33. The molecule has 1 fully saturated rings. The van der Waals surface area contributed by atoms with E-state index in [1.165, 1.54) is 16.7 Å². The second kappa shape index (κ2) is 7.36. The van der Waals surface area contributed by atoms with Gasteiger partial charge >= 0.3 is 0 Å². The fraction of sp³-hybridized carbons (Fsp3) is 0.273. The van der Waals surface area contributed by atoms with Crippen molar-refractivity contribution in [3.8, 4) is 11.4 Å². The molecule has 0 aliphatic carbocycles. The molecule has 4 nitrogen and oxygen atoms in total. The fourth-order valence-electron chi connectivity index (χ4n) is 3.49. The van der Waals surface area contributed by atoms with Gasteiger partial charge in [0.05, 0.1) is 13.7 Å². The number of rotatable bonds is 5. The average molecular weight is 348 g/mol. The molecule has 0 amide bonds. The van der Waals surface area contributed by atoms with Gasteiger partial charge in [0.2, 0.25) is 0 Å². The number of aryl methyl sites for hydroxylation is 1. The van der Waals surface area contributed by atoms with Gasteiger partial charge in [-0.15, -0.1) is 0 Å². The molecule has 1 aromatic heterocycles. The van der Waals surface area contributed by atoms with Gasteiger partial charge in [-0.05, 0) is 42.8 Å². The van der Waals surface area contributed by atoms with Crippen molar-refractivity contribution in [2.75, 3.05) is 20.3 Å². The van der Waals surface area contributed by atoms with Crippen molar-refractivity contribution < 1.29 is 9.47 Å². The second-order valence-corrected chi connectivity index (χ2v) is 6.73. The van der Waals surface area contributed by atoms with Crippen molar-refractivity contribution in [2.45, 2.75) is 19.7 Å². The molecular formula is C22H24N2O2. The molecule has 1 saturated heterocycles. The summed E-state index contributed by atoms with van der Waals surface area (Å²) in [5.41, 5.74) is 4.92. The fourth-order valence-corrected chi connectivity index (χ4v) is 3.49. The first kappa shape index (κ1) is 16.9. The van der Waals surface area contributed by atoms with E-state index < -0.39 is 0 Å². The van der Waals surface area contributed by atoms with Gasteiger partial charge in [0.1, 0.15) is 12.0 Å². The molecule has 0 bridgehead atoms. The Kier molecular flexibility index (Phi) is 4.78. The summed E-state index contributed by atoms with van der Waals surface area (Å²) in [6.07, 6.45) is 4.25. The Morgan fingerprint density at radius 2 is 1.96 bits per heavy atom. The van der Waals surface area contributed by atoms with E-state index in [4.69, 9.17) is 9.47 Å². The van der Waals surface area contributed by atoms with Crippen LogP contribution >= 0.6 is 0 Å². The maximum Gasteiger partial charge on any atom is 0.138 e. The third-order valence-electron chi connectivity index (χ3n) is 4.83. The Morgan fingerprint density at radius 1 is 1.12 bits per heavy atom. The van der Waals surface area contributed by atoms with E-state index in [-0.39, 0.29) is 6.23 Å². The van der Waals surface area contributed by atoms with Crippen LogP contribution in [0.15, 0.2) is 67.0 Å². The minimum Gasteiger partial charge on any atom is -0.497 e. The molecular weight excluding hydrogens is 324 g/mol. The maximum absolute atomic E-state index is 6.03. The van der Waals surface area contributed by atoms with Gasteiger partial charge < -0.3 is 14.0 Å². The Bertz CT molecular complexity index is 870. The number of nitrogens with zero attached hydrogens (tertiary/aromatic N) is 2. The first-order chi connectivity index (χ1) is 12.7. The molecule has 0 saturated carbocycles. The molecule has 0 spiro atoms. The minimum atomic E-state index is 0.00927. The summed E-state index contributed by atoms with van der Waals surface area (Å²) in [5, 5.41) is 0. The first-order valence-electron chi connectivity index (χ1n) is 8.96. The van der Waals surface area contributed by atoms with E-state index in [2.05, 4.69) is 71.2 Å². The first-order valence-corrected chi connectivity index (χ1v) is 8.96. The van der Waals surface area contributed by atoms with Crippen molar-refractivity contribution in [3.05, 3.63) is 83.7 Å². The van der Waals surface area contributed by atoms with E-state index in [0.717, 1.165) is 31.1 Å². The van der Waals surface area contributed by atoms with E-state index in [0.29, 0.717) is 0 Å². The molecule has 2 aromatic carbocycles. The van der Waals surface area contributed by atoms with Gasteiger partial charge in [-0.3, -0.25) is 4.90 Å². The van der Waals surface area contributed by atoms with Crippen molar-refractivity contribution >= 4 is 0 Å². The van der Waals surface area contributed by atoms with Gasteiger partial charge in [0.15, 0.2) is 0 Å². The Morgan fingerprint density at radius 3 is 2.73 bits per heavy atom. The lowest BCUT2D eigenvalue weighted by atomic mass is 10.1. The lowest BCUT2D eigenvalue weighted by Gasteiger charge is -2.22. The SMILES string of the molecule is COc1ccc(-n2ccc(C3OCCN3Cc3cccc(C)c3)c2)cc1. The van der Waals surface area contributed by atoms with Gasteiger partial charge in [-0.1, -0.05) is 29.8 Å². The van der Waals surface area contributed by atoms with Gasteiger partial charge in [0.25, 0.3) is 0 Å². The smallest absolute Gasteiger partial charge is 0.138 e. The normalized spacial score (nSPS) is 17.5. The summed E-state index contributed by atoms with van der Waals surface area (Å²) < 4.78 is 13.4. The van der Waals surface area contributed by atoms with Gasteiger partial charge in [-0.25, -0.2) is 0 Å². The third-order valence-corrected chi connectivity index (χ3v) is 4.83. The van der Waals surface area contributed by atoms with Crippen LogP contribution in [-0.4, -0.2) is 29.7 Å². The van der Waals surface area contributed by atoms with Crippen LogP contribution < -0.4 is 4.74 Å². The van der Waals surface area contributed by atoms with Crippen LogP contribution in [0.2, 0.25) is 0 Å². The van der Waals surface area contributed by atoms with Gasteiger partial charge in [-0.2, -0.15) is 0 Å². The standard InChI is InChI=1S/C22H24N2O2/c1-17-4-3-5-18(14-17)15-24-12-13-26-22(24)19-10-11-23(16-19)20-6-8-21(25-2)9-7-20/h3-11,14,16,22H,12-13,15H2,1-2H3. The Labute approximate surface area is 154 Å². The summed E-state index contributed by atoms with van der Waals surface area (Å²) >= 11 is 0. The number of hydrogen-bond donors (Lipinski definition) is 0. The minimum absolute atomic E-state index is 0.00927. The second-order valence-electron chi connectivity index (χ2n) is 6.73. The zero-order valence-electron chi connectivity index (χ0n) is 15.3. The monoisotopic (exact) mass is 348 g/mol. The number of benzene rings is 2. The van der Waals surface area contributed by atoms with Crippen LogP contribution in [-0.2, 0) is 11.3 Å². The van der Waals surface area contributed by atoms with E-state index in [1.54, 1.807) is 7.11 Å². The highest BCUT2D eigenvalue weighted by atomic mass is 16.5. The molecule has 0 N–H and O–H groups in total. The molecule has 1 atom stereocenters. The average Bonchev–Trinajstić information content (AvgIpc) is 3.31. The predicted molar refractivity (Wildman–Crippen MR) is 103 cm³/mol. The van der Waals surface area contributed by atoms with Crippen LogP contribution in [0, 0.1) is 6.92 Å². The quantitative estimate of drug-likeness (QED) is 0.687. The zero-order chi connectivity index (χ0) is 17.9. The largest absolute Gasteiger partial charge is 0.497 e. The number of methoxy groups -OCH3 is 1.